The smallest absolute Gasteiger partial charge is 0.134 e. The molecule has 0 saturated heterocycles. The quantitative estimate of drug-likeness (QED) is 0.845. The Morgan fingerprint density at radius 1 is 1.26 bits per heavy atom. The zero-order valence-electron chi connectivity index (χ0n) is 11.3. The van der Waals surface area contributed by atoms with Crippen LogP contribution < -0.4 is 0 Å². The first kappa shape index (κ1) is 12.4. The van der Waals surface area contributed by atoms with E-state index in [9.17, 15) is 4.79 Å². The van der Waals surface area contributed by atoms with Crippen molar-refractivity contribution in [3.63, 3.8) is 0 Å². The van der Waals surface area contributed by atoms with Crippen LogP contribution in [0.2, 0.25) is 0 Å². The second-order valence-corrected chi connectivity index (χ2v) is 5.44. The summed E-state index contributed by atoms with van der Waals surface area (Å²) in [5, 5.41) is 1.20. The lowest BCUT2D eigenvalue weighted by atomic mass is 9.93. The summed E-state index contributed by atoms with van der Waals surface area (Å²) >= 11 is 0. The lowest BCUT2D eigenvalue weighted by molar-refractivity contribution is -0.121. The maximum atomic E-state index is 11.3. The van der Waals surface area contributed by atoms with Gasteiger partial charge in [0.15, 0.2) is 0 Å². The molecule has 3 rings (SSSR count). The minimum absolute atomic E-state index is 0.415. The van der Waals surface area contributed by atoms with Gasteiger partial charge in [0, 0.05) is 36.4 Å². The van der Waals surface area contributed by atoms with E-state index in [1.165, 1.54) is 10.9 Å². The molecule has 3 heteroatoms. The van der Waals surface area contributed by atoms with Crippen LogP contribution in [0.1, 0.15) is 31.2 Å². The maximum absolute atomic E-state index is 11.3. The number of hydrogen-bond donors (Lipinski definition) is 0. The number of para-hydroxylation sites is 1. The van der Waals surface area contributed by atoms with Crippen LogP contribution >= 0.6 is 0 Å². The van der Waals surface area contributed by atoms with Gasteiger partial charge in [-0.2, -0.15) is 0 Å². The van der Waals surface area contributed by atoms with Crippen LogP contribution in [0.3, 0.4) is 0 Å². The van der Waals surface area contributed by atoms with Crippen LogP contribution in [0.15, 0.2) is 34.9 Å². The fourth-order valence-electron chi connectivity index (χ4n) is 2.92. The Labute approximate surface area is 113 Å². The summed E-state index contributed by atoms with van der Waals surface area (Å²) in [6, 6.07) is 8.66. The fraction of sp³-hybridized carbons (Fsp3) is 0.438. The summed E-state index contributed by atoms with van der Waals surface area (Å²) in [5.74, 6) is 0.415. The van der Waals surface area contributed by atoms with Gasteiger partial charge < -0.3 is 4.42 Å². The molecule has 1 aromatic carbocycles. The summed E-state index contributed by atoms with van der Waals surface area (Å²) in [4.78, 5) is 13.6. The lowest BCUT2D eigenvalue weighted by Crippen LogP contribution is -2.34. The molecule has 100 valence electrons. The third-order valence-electron chi connectivity index (χ3n) is 4.12. The Morgan fingerprint density at radius 2 is 2.00 bits per heavy atom. The van der Waals surface area contributed by atoms with Crippen LogP contribution in [-0.2, 0) is 11.3 Å². The number of fused-ring (bicyclic) bond motifs is 1. The molecule has 19 heavy (non-hydrogen) atoms. The van der Waals surface area contributed by atoms with Gasteiger partial charge in [0.05, 0.1) is 6.26 Å². The summed E-state index contributed by atoms with van der Waals surface area (Å²) in [5.41, 5.74) is 2.18. The molecule has 1 aliphatic carbocycles. The van der Waals surface area contributed by atoms with Crippen LogP contribution in [0.25, 0.3) is 11.0 Å². The molecule has 2 aromatic rings. The minimum Gasteiger partial charge on any atom is -0.464 e. The molecule has 0 bridgehead atoms. The van der Waals surface area contributed by atoms with Crippen molar-refractivity contribution >= 4 is 16.8 Å². The minimum atomic E-state index is 0.415. The maximum Gasteiger partial charge on any atom is 0.134 e. The van der Waals surface area contributed by atoms with E-state index in [-0.39, 0.29) is 0 Å². The van der Waals surface area contributed by atoms with Gasteiger partial charge in [-0.15, -0.1) is 0 Å². The third kappa shape index (κ3) is 2.56. The Morgan fingerprint density at radius 3 is 2.79 bits per heavy atom. The third-order valence-corrected chi connectivity index (χ3v) is 4.12. The first-order valence-corrected chi connectivity index (χ1v) is 6.91. The van der Waals surface area contributed by atoms with Gasteiger partial charge in [-0.05, 0) is 26.0 Å². The predicted molar refractivity (Wildman–Crippen MR) is 74.9 cm³/mol. The Balaban J connectivity index is 1.72. The number of ketones is 1. The van der Waals surface area contributed by atoms with Crippen LogP contribution in [0, 0.1) is 0 Å². The van der Waals surface area contributed by atoms with Gasteiger partial charge >= 0.3 is 0 Å². The summed E-state index contributed by atoms with van der Waals surface area (Å²) in [7, 11) is 2.14. The molecule has 1 heterocycles. The summed E-state index contributed by atoms with van der Waals surface area (Å²) < 4.78 is 5.57. The monoisotopic (exact) mass is 257 g/mol. The van der Waals surface area contributed by atoms with E-state index in [1.807, 2.05) is 24.5 Å². The largest absolute Gasteiger partial charge is 0.464 e. The van der Waals surface area contributed by atoms with E-state index in [4.69, 9.17) is 4.42 Å². The highest BCUT2D eigenvalue weighted by atomic mass is 16.3. The normalized spacial score (nSPS) is 17.5. The van der Waals surface area contributed by atoms with E-state index in [0.717, 1.165) is 37.8 Å². The molecule has 0 unspecified atom stereocenters. The molecule has 1 fully saturated rings. The van der Waals surface area contributed by atoms with Gasteiger partial charge in [0.1, 0.15) is 11.4 Å². The van der Waals surface area contributed by atoms with Crippen LogP contribution in [-0.4, -0.2) is 23.8 Å². The van der Waals surface area contributed by atoms with Crippen molar-refractivity contribution in [2.24, 2.45) is 0 Å². The number of benzene rings is 1. The zero-order chi connectivity index (χ0) is 13.2. The topological polar surface area (TPSA) is 33.5 Å². The molecule has 0 N–H and O–H groups in total. The molecular weight excluding hydrogens is 238 g/mol. The van der Waals surface area contributed by atoms with Crippen molar-refractivity contribution in [3.05, 3.63) is 36.1 Å². The fourth-order valence-corrected chi connectivity index (χ4v) is 2.92. The van der Waals surface area contributed by atoms with Gasteiger partial charge in [-0.25, -0.2) is 0 Å². The van der Waals surface area contributed by atoms with Crippen molar-refractivity contribution in [1.82, 2.24) is 4.90 Å². The highest BCUT2D eigenvalue weighted by Gasteiger charge is 2.22. The first-order valence-electron chi connectivity index (χ1n) is 6.91. The van der Waals surface area contributed by atoms with E-state index in [2.05, 4.69) is 18.0 Å². The molecule has 0 spiro atoms. The zero-order valence-corrected chi connectivity index (χ0v) is 11.3. The van der Waals surface area contributed by atoms with Gasteiger partial charge in [0.25, 0.3) is 0 Å². The number of rotatable bonds is 3. The van der Waals surface area contributed by atoms with Gasteiger partial charge in [-0.1, -0.05) is 18.2 Å². The molecule has 1 aromatic heterocycles. The number of nitrogens with zero attached hydrogens (tertiary/aromatic N) is 1. The van der Waals surface area contributed by atoms with Gasteiger partial charge in [0.2, 0.25) is 0 Å². The van der Waals surface area contributed by atoms with Crippen LogP contribution in [0.5, 0.6) is 0 Å². The number of furan rings is 1. The van der Waals surface area contributed by atoms with E-state index >= 15 is 0 Å². The molecule has 0 atom stereocenters. The number of Topliss-reactive ketones (excluding diaryl/α,β-unsaturated/α-hetero) is 1. The molecule has 1 aliphatic rings. The van der Waals surface area contributed by atoms with Crippen LogP contribution in [0.4, 0.5) is 0 Å². The SMILES string of the molecule is CN(Cc1coc2ccccc12)C1CCC(=O)CC1. The highest BCUT2D eigenvalue weighted by Crippen LogP contribution is 2.25. The van der Waals surface area contributed by atoms with E-state index < -0.39 is 0 Å². The molecule has 0 radical (unpaired) electrons. The predicted octanol–water partition coefficient (Wildman–Crippen LogP) is 3.38. The summed E-state index contributed by atoms with van der Waals surface area (Å²) in [6.07, 6.45) is 5.31. The van der Waals surface area contributed by atoms with E-state index in [0.29, 0.717) is 11.8 Å². The Kier molecular flexibility index (Phi) is 3.38. The molecular formula is C16H19NO2. The molecule has 3 nitrogen and oxygen atoms in total. The van der Waals surface area contributed by atoms with Crippen molar-refractivity contribution in [2.75, 3.05) is 7.05 Å². The lowest BCUT2D eigenvalue weighted by Gasteiger charge is -2.30. The van der Waals surface area contributed by atoms with E-state index in [1.54, 1.807) is 0 Å². The molecule has 0 amide bonds. The second kappa shape index (κ2) is 5.17. The van der Waals surface area contributed by atoms with Crippen molar-refractivity contribution in [2.45, 2.75) is 38.3 Å². The standard InChI is InChI=1S/C16H19NO2/c1-17(13-6-8-14(18)9-7-13)10-12-11-19-16-5-3-2-4-15(12)16/h2-5,11,13H,6-10H2,1H3. The highest BCUT2D eigenvalue weighted by molar-refractivity contribution is 5.81. The van der Waals surface area contributed by atoms with Gasteiger partial charge in [-0.3, -0.25) is 9.69 Å². The average Bonchev–Trinajstić information content (AvgIpc) is 2.83. The Hall–Kier alpha value is -1.61. The van der Waals surface area contributed by atoms with Crippen molar-refractivity contribution in [1.29, 1.82) is 0 Å². The Bertz CT molecular complexity index is 577. The second-order valence-electron chi connectivity index (χ2n) is 5.44. The van der Waals surface area contributed by atoms with Crippen molar-refractivity contribution in [3.8, 4) is 0 Å². The molecule has 1 saturated carbocycles. The molecule has 0 aliphatic heterocycles. The number of carbonyl (C=O) groups is 1. The number of carbonyl (C=O) groups excluding carboxylic acids is 1. The first-order chi connectivity index (χ1) is 9.24. The summed E-state index contributed by atoms with van der Waals surface area (Å²) in [6.45, 7) is 0.885. The van der Waals surface area contributed by atoms with Crippen molar-refractivity contribution < 1.29 is 9.21 Å². The number of hydrogen-bond acceptors (Lipinski definition) is 3. The average molecular weight is 257 g/mol.